The summed E-state index contributed by atoms with van der Waals surface area (Å²) in [7, 11) is 0.763. The van der Waals surface area contributed by atoms with Crippen LogP contribution in [0.2, 0.25) is 0 Å². The van der Waals surface area contributed by atoms with Gasteiger partial charge in [-0.3, -0.25) is 4.81 Å². The minimum atomic E-state index is -1.06. The Morgan fingerprint density at radius 1 is 1.60 bits per heavy atom. The van der Waals surface area contributed by atoms with Crippen molar-refractivity contribution >= 4 is 19.2 Å². The molecule has 0 saturated carbocycles. The fraction of sp³-hybridized carbons (Fsp3) is 1.00. The average molecular weight is 164 g/mol. The second kappa shape index (κ2) is 3.55. The number of piperidine rings is 1. The van der Waals surface area contributed by atoms with Crippen molar-refractivity contribution < 1.29 is 9.41 Å². The van der Waals surface area contributed by atoms with Gasteiger partial charge in [-0.15, -0.1) is 11.6 Å². The fourth-order valence-electron chi connectivity index (χ4n) is 1.04. The molecular weight excluding hydrogens is 155 g/mol. The Morgan fingerprint density at radius 2 is 2.30 bits per heavy atom. The first kappa shape index (κ1) is 8.30. The first-order chi connectivity index (χ1) is 4.74. The third-order valence-corrected chi connectivity index (χ3v) is 1.99. The van der Waals surface area contributed by atoms with Crippen LogP contribution in [0.3, 0.4) is 0 Å². The van der Waals surface area contributed by atoms with E-state index < -0.39 is 6.30 Å². The summed E-state index contributed by atoms with van der Waals surface area (Å²) < 4.78 is 12.7. The first-order valence-electron chi connectivity index (χ1n) is 3.25. The second-order valence-corrected chi connectivity index (χ2v) is 3.04. The van der Waals surface area contributed by atoms with E-state index in [-0.39, 0.29) is 5.38 Å². The number of hydrogen-bond donors (Lipinski definition) is 1. The summed E-state index contributed by atoms with van der Waals surface area (Å²) in [6.07, 6.45) is 0.0400. The average Bonchev–Trinajstić information content (AvgIpc) is 1.94. The van der Waals surface area contributed by atoms with Crippen molar-refractivity contribution in [3.05, 3.63) is 0 Å². The largest absolute Gasteiger partial charge is 0.440 e. The molecule has 1 fully saturated rings. The van der Waals surface area contributed by atoms with Gasteiger partial charge in [-0.05, 0) is 12.8 Å². The topological polar surface area (TPSA) is 23.5 Å². The van der Waals surface area contributed by atoms with E-state index in [2.05, 4.69) is 0 Å². The van der Waals surface area contributed by atoms with Crippen LogP contribution in [-0.4, -0.2) is 35.7 Å². The summed E-state index contributed by atoms with van der Waals surface area (Å²) in [6.45, 7) is 0.402. The zero-order valence-corrected chi connectivity index (χ0v) is 6.26. The minimum Gasteiger partial charge on any atom is -0.440 e. The van der Waals surface area contributed by atoms with Crippen molar-refractivity contribution in [1.29, 1.82) is 0 Å². The Balaban J connectivity index is 2.38. The lowest BCUT2D eigenvalue weighted by Crippen LogP contribution is -2.43. The SMILES string of the molecule is O[B]N1CC(Cl)CCC1F. The third kappa shape index (κ3) is 1.84. The van der Waals surface area contributed by atoms with Gasteiger partial charge >= 0.3 is 7.62 Å². The van der Waals surface area contributed by atoms with Gasteiger partial charge in [-0.1, -0.05) is 0 Å². The van der Waals surface area contributed by atoms with Gasteiger partial charge in [0.2, 0.25) is 0 Å². The Hall–Kier alpha value is 0.205. The molecule has 0 aromatic rings. The van der Waals surface area contributed by atoms with Crippen LogP contribution in [0.5, 0.6) is 0 Å². The zero-order valence-electron chi connectivity index (χ0n) is 5.50. The molecule has 1 saturated heterocycles. The van der Waals surface area contributed by atoms with E-state index >= 15 is 0 Å². The maximum absolute atomic E-state index is 12.7. The van der Waals surface area contributed by atoms with Gasteiger partial charge in [0.15, 0.2) is 0 Å². The van der Waals surface area contributed by atoms with E-state index in [0.717, 1.165) is 7.62 Å². The molecule has 57 valence electrons. The molecule has 1 heterocycles. The van der Waals surface area contributed by atoms with Gasteiger partial charge in [-0.25, -0.2) is 4.39 Å². The molecule has 1 radical (unpaired) electrons. The zero-order chi connectivity index (χ0) is 7.56. The Labute approximate surface area is 65.3 Å². The molecule has 10 heavy (non-hydrogen) atoms. The van der Waals surface area contributed by atoms with Gasteiger partial charge in [-0.2, -0.15) is 0 Å². The Morgan fingerprint density at radius 3 is 2.80 bits per heavy atom. The fourth-order valence-corrected chi connectivity index (χ4v) is 1.32. The highest BCUT2D eigenvalue weighted by Crippen LogP contribution is 2.20. The summed E-state index contributed by atoms with van der Waals surface area (Å²) >= 11 is 5.72. The van der Waals surface area contributed by atoms with Crippen molar-refractivity contribution in [2.75, 3.05) is 6.54 Å². The van der Waals surface area contributed by atoms with E-state index in [1.807, 2.05) is 0 Å². The molecule has 1 rings (SSSR count). The summed E-state index contributed by atoms with van der Waals surface area (Å²) in [5, 5.41) is 8.45. The molecule has 0 spiro atoms. The quantitative estimate of drug-likeness (QED) is 0.347. The summed E-state index contributed by atoms with van der Waals surface area (Å²) in [4.78, 5) is 1.21. The third-order valence-electron chi connectivity index (χ3n) is 1.64. The maximum Gasteiger partial charge on any atom is 0.398 e. The minimum absolute atomic E-state index is 0.0320. The van der Waals surface area contributed by atoms with E-state index in [4.69, 9.17) is 16.6 Å². The Kier molecular flexibility index (Phi) is 2.95. The molecule has 1 N–H and O–H groups in total. The van der Waals surface area contributed by atoms with Crippen LogP contribution in [0, 0.1) is 0 Å². The highest BCUT2D eigenvalue weighted by atomic mass is 35.5. The summed E-state index contributed by atoms with van der Waals surface area (Å²) in [5.74, 6) is 0. The predicted octanol–water partition coefficient (Wildman–Crippen LogP) is 0.512. The van der Waals surface area contributed by atoms with Crippen LogP contribution in [0.25, 0.3) is 0 Å². The lowest BCUT2D eigenvalue weighted by molar-refractivity contribution is 0.112. The summed E-state index contributed by atoms with van der Waals surface area (Å²) in [5.41, 5.74) is 0. The predicted molar refractivity (Wildman–Crippen MR) is 38.4 cm³/mol. The standard InChI is InChI=1S/C5H9BClFNO/c7-4-1-2-5(8)9(3-4)6-10/h4-5,10H,1-3H2. The summed E-state index contributed by atoms with van der Waals surface area (Å²) in [6, 6.07) is 0. The molecule has 0 aromatic heterocycles. The molecule has 1 aliphatic rings. The van der Waals surface area contributed by atoms with Crippen LogP contribution in [0.1, 0.15) is 12.8 Å². The van der Waals surface area contributed by atoms with Gasteiger partial charge in [0, 0.05) is 11.9 Å². The van der Waals surface area contributed by atoms with E-state index in [9.17, 15) is 4.39 Å². The van der Waals surface area contributed by atoms with Gasteiger partial charge in [0.1, 0.15) is 6.30 Å². The van der Waals surface area contributed by atoms with Crippen LogP contribution in [-0.2, 0) is 0 Å². The van der Waals surface area contributed by atoms with Crippen LogP contribution >= 0.6 is 11.6 Å². The van der Waals surface area contributed by atoms with Crippen LogP contribution in [0.15, 0.2) is 0 Å². The molecule has 2 nitrogen and oxygen atoms in total. The molecule has 2 unspecified atom stereocenters. The molecule has 1 aliphatic heterocycles. The number of nitrogens with zero attached hydrogens (tertiary/aromatic N) is 1. The van der Waals surface area contributed by atoms with Crippen molar-refractivity contribution in [2.24, 2.45) is 0 Å². The normalized spacial score (nSPS) is 35.9. The number of alkyl halides is 2. The van der Waals surface area contributed by atoms with Crippen LogP contribution in [0.4, 0.5) is 4.39 Å². The molecule has 2 atom stereocenters. The number of hydrogen-bond acceptors (Lipinski definition) is 2. The maximum atomic E-state index is 12.7. The lowest BCUT2D eigenvalue weighted by atomic mass is 10.0. The molecule has 0 aliphatic carbocycles. The van der Waals surface area contributed by atoms with Crippen molar-refractivity contribution in [2.45, 2.75) is 24.5 Å². The van der Waals surface area contributed by atoms with Crippen LogP contribution < -0.4 is 0 Å². The smallest absolute Gasteiger partial charge is 0.398 e. The highest BCUT2D eigenvalue weighted by Gasteiger charge is 2.26. The molecule has 5 heteroatoms. The molecule has 0 aromatic carbocycles. The number of halogens is 2. The first-order valence-corrected chi connectivity index (χ1v) is 3.69. The number of rotatable bonds is 1. The molecule has 0 bridgehead atoms. The monoisotopic (exact) mass is 164 g/mol. The van der Waals surface area contributed by atoms with Crippen molar-refractivity contribution in [1.82, 2.24) is 4.81 Å². The molecule has 0 amide bonds. The lowest BCUT2D eigenvalue weighted by Gasteiger charge is -2.30. The second-order valence-electron chi connectivity index (χ2n) is 2.42. The molecular formula is C5H9BClFNO. The van der Waals surface area contributed by atoms with E-state index in [1.54, 1.807) is 0 Å². The van der Waals surface area contributed by atoms with Gasteiger partial charge in [0.25, 0.3) is 0 Å². The van der Waals surface area contributed by atoms with E-state index in [1.165, 1.54) is 4.81 Å². The van der Waals surface area contributed by atoms with Crippen molar-refractivity contribution in [3.63, 3.8) is 0 Å². The van der Waals surface area contributed by atoms with E-state index in [0.29, 0.717) is 19.4 Å². The highest BCUT2D eigenvalue weighted by molar-refractivity contribution is 6.23. The van der Waals surface area contributed by atoms with Gasteiger partial charge in [0.05, 0.1) is 0 Å². The van der Waals surface area contributed by atoms with Crippen molar-refractivity contribution in [3.8, 4) is 0 Å². The van der Waals surface area contributed by atoms with Gasteiger partial charge < -0.3 is 5.02 Å². The Bertz CT molecular complexity index is 118.